The van der Waals surface area contributed by atoms with E-state index >= 15 is 0 Å². The summed E-state index contributed by atoms with van der Waals surface area (Å²) in [5, 5.41) is 5.85. The summed E-state index contributed by atoms with van der Waals surface area (Å²) in [4.78, 5) is 27.8. The van der Waals surface area contributed by atoms with Gasteiger partial charge in [0, 0.05) is 24.8 Å². The lowest BCUT2D eigenvalue weighted by atomic mass is 10.0. The van der Waals surface area contributed by atoms with Gasteiger partial charge in [0.15, 0.2) is 0 Å². The number of nitrogens with zero attached hydrogens (tertiary/aromatic N) is 2. The van der Waals surface area contributed by atoms with Gasteiger partial charge in [0.25, 0.3) is 0 Å². The minimum atomic E-state index is -0.0525. The van der Waals surface area contributed by atoms with Crippen molar-refractivity contribution in [3.05, 3.63) is 29.8 Å². The number of carbonyl (C=O) groups excluding carboxylic acids is 2. The summed E-state index contributed by atoms with van der Waals surface area (Å²) in [5.41, 5.74) is 1.72. The Labute approximate surface area is 144 Å². The van der Waals surface area contributed by atoms with Crippen LogP contribution in [0.4, 0.5) is 10.5 Å². The number of benzene rings is 1. The molecule has 1 heterocycles. The van der Waals surface area contributed by atoms with Gasteiger partial charge in [-0.25, -0.2) is 4.79 Å². The summed E-state index contributed by atoms with van der Waals surface area (Å²) in [6.07, 6.45) is 3.34. The highest BCUT2D eigenvalue weighted by molar-refractivity contribution is 5.92. The van der Waals surface area contributed by atoms with Crippen molar-refractivity contribution in [2.45, 2.75) is 38.8 Å². The normalized spacial score (nSPS) is 17.7. The maximum Gasteiger partial charge on any atom is 0.317 e. The van der Waals surface area contributed by atoms with E-state index in [4.69, 9.17) is 0 Å². The molecule has 1 aliphatic heterocycles. The minimum absolute atomic E-state index is 0.00996. The van der Waals surface area contributed by atoms with Crippen LogP contribution < -0.4 is 10.6 Å². The van der Waals surface area contributed by atoms with Crippen molar-refractivity contribution in [2.24, 2.45) is 0 Å². The van der Waals surface area contributed by atoms with Crippen molar-refractivity contribution in [3.8, 4) is 0 Å². The van der Waals surface area contributed by atoms with Gasteiger partial charge in [-0.1, -0.05) is 12.1 Å². The second-order valence-corrected chi connectivity index (χ2v) is 6.68. The van der Waals surface area contributed by atoms with Crippen molar-refractivity contribution in [3.63, 3.8) is 0 Å². The number of carbonyl (C=O) groups is 2. The van der Waals surface area contributed by atoms with Crippen LogP contribution in [0.1, 0.15) is 31.7 Å². The average molecular weight is 332 g/mol. The van der Waals surface area contributed by atoms with Crippen molar-refractivity contribution in [1.82, 2.24) is 15.1 Å². The first-order chi connectivity index (χ1) is 11.5. The number of urea groups is 1. The van der Waals surface area contributed by atoms with Crippen molar-refractivity contribution >= 4 is 17.6 Å². The lowest BCUT2D eigenvalue weighted by molar-refractivity contribution is -0.116. The zero-order valence-corrected chi connectivity index (χ0v) is 14.8. The van der Waals surface area contributed by atoms with Crippen LogP contribution in [0, 0.1) is 0 Å². The molecule has 1 saturated heterocycles. The number of likely N-dealkylation sites (N-methyl/N-ethyl adjacent to an activating group) is 1. The molecule has 0 spiro atoms. The number of anilines is 1. The molecule has 0 aliphatic carbocycles. The number of hydrogen-bond donors (Lipinski definition) is 2. The molecule has 1 fully saturated rings. The molecule has 132 valence electrons. The highest BCUT2D eigenvalue weighted by Crippen LogP contribution is 2.16. The quantitative estimate of drug-likeness (QED) is 0.869. The summed E-state index contributed by atoms with van der Waals surface area (Å²) in [7, 11) is 3.71. The maximum absolute atomic E-state index is 12.3. The van der Waals surface area contributed by atoms with E-state index in [-0.39, 0.29) is 11.9 Å². The number of hydrogen-bond acceptors (Lipinski definition) is 3. The van der Waals surface area contributed by atoms with Gasteiger partial charge >= 0.3 is 6.03 Å². The fourth-order valence-electron chi connectivity index (χ4n) is 2.93. The minimum Gasteiger partial charge on any atom is -0.334 e. The van der Waals surface area contributed by atoms with Gasteiger partial charge in [0.1, 0.15) is 0 Å². The SMILES string of the molecule is CC1CCCCN1C(=O)NCc1cccc(NC(=O)CN(C)C)c1. The standard InChI is InChI=1S/C18H28N4O2/c1-14-7-4-5-10-22(14)18(24)19-12-15-8-6-9-16(11-15)20-17(23)13-21(2)3/h6,8-9,11,14H,4-5,7,10,12-13H2,1-3H3,(H,19,24)(H,20,23). The summed E-state index contributed by atoms with van der Waals surface area (Å²) in [5.74, 6) is -0.0525. The molecule has 1 aromatic rings. The summed E-state index contributed by atoms with van der Waals surface area (Å²) in [6.45, 7) is 3.72. The summed E-state index contributed by atoms with van der Waals surface area (Å²) in [6, 6.07) is 7.87. The number of nitrogens with one attached hydrogen (secondary N) is 2. The number of rotatable bonds is 5. The average Bonchev–Trinajstić information content (AvgIpc) is 2.52. The molecule has 24 heavy (non-hydrogen) atoms. The van der Waals surface area contributed by atoms with Crippen LogP contribution in [0.5, 0.6) is 0 Å². The predicted molar refractivity (Wildman–Crippen MR) is 95.9 cm³/mol. The highest BCUT2D eigenvalue weighted by Gasteiger charge is 2.22. The zero-order valence-electron chi connectivity index (χ0n) is 14.8. The molecule has 0 aromatic heterocycles. The molecule has 1 aromatic carbocycles. The van der Waals surface area contributed by atoms with Gasteiger partial charge in [0.05, 0.1) is 6.54 Å². The third-order valence-corrected chi connectivity index (χ3v) is 4.18. The Morgan fingerprint density at radius 1 is 1.29 bits per heavy atom. The first-order valence-electron chi connectivity index (χ1n) is 8.53. The lowest BCUT2D eigenvalue weighted by Crippen LogP contribution is -2.47. The van der Waals surface area contributed by atoms with Crippen LogP contribution in [0.25, 0.3) is 0 Å². The predicted octanol–water partition coefficient (Wildman–Crippen LogP) is 2.27. The largest absolute Gasteiger partial charge is 0.334 e. The van der Waals surface area contributed by atoms with Gasteiger partial charge in [-0.15, -0.1) is 0 Å². The number of amides is 3. The lowest BCUT2D eigenvalue weighted by Gasteiger charge is -2.33. The van der Waals surface area contributed by atoms with E-state index in [1.165, 1.54) is 6.42 Å². The fourth-order valence-corrected chi connectivity index (χ4v) is 2.93. The van der Waals surface area contributed by atoms with Crippen LogP contribution in [0.2, 0.25) is 0 Å². The Morgan fingerprint density at radius 3 is 2.79 bits per heavy atom. The molecule has 6 nitrogen and oxygen atoms in total. The van der Waals surface area contributed by atoms with Gasteiger partial charge in [0.2, 0.25) is 5.91 Å². The monoisotopic (exact) mass is 332 g/mol. The topological polar surface area (TPSA) is 64.7 Å². The smallest absolute Gasteiger partial charge is 0.317 e. The summed E-state index contributed by atoms with van der Waals surface area (Å²) >= 11 is 0. The van der Waals surface area contributed by atoms with Crippen LogP contribution in [-0.4, -0.2) is 55.0 Å². The van der Waals surface area contributed by atoms with E-state index in [9.17, 15) is 9.59 Å². The Balaban J connectivity index is 1.87. The highest BCUT2D eigenvalue weighted by atomic mass is 16.2. The molecule has 1 atom stereocenters. The molecular weight excluding hydrogens is 304 g/mol. The van der Waals surface area contributed by atoms with Gasteiger partial charge in [-0.05, 0) is 58.0 Å². The van der Waals surface area contributed by atoms with E-state index in [0.717, 1.165) is 30.6 Å². The first kappa shape index (κ1) is 18.3. The van der Waals surface area contributed by atoms with Crippen LogP contribution in [0.3, 0.4) is 0 Å². The fraction of sp³-hybridized carbons (Fsp3) is 0.556. The zero-order chi connectivity index (χ0) is 17.5. The van der Waals surface area contributed by atoms with Crippen molar-refractivity contribution in [2.75, 3.05) is 32.5 Å². The van der Waals surface area contributed by atoms with E-state index in [1.807, 2.05) is 48.2 Å². The maximum atomic E-state index is 12.3. The third-order valence-electron chi connectivity index (χ3n) is 4.18. The van der Waals surface area contributed by atoms with E-state index in [1.54, 1.807) is 0 Å². The van der Waals surface area contributed by atoms with Crippen LogP contribution in [-0.2, 0) is 11.3 Å². The summed E-state index contributed by atoms with van der Waals surface area (Å²) < 4.78 is 0. The molecule has 2 rings (SSSR count). The number of piperidine rings is 1. The molecule has 0 bridgehead atoms. The van der Waals surface area contributed by atoms with Crippen molar-refractivity contribution < 1.29 is 9.59 Å². The van der Waals surface area contributed by atoms with Gasteiger partial charge < -0.3 is 20.4 Å². The van der Waals surface area contributed by atoms with E-state index in [2.05, 4.69) is 17.6 Å². The van der Waals surface area contributed by atoms with Crippen LogP contribution in [0.15, 0.2) is 24.3 Å². The second kappa shape index (κ2) is 8.68. The van der Waals surface area contributed by atoms with E-state index < -0.39 is 0 Å². The van der Waals surface area contributed by atoms with E-state index in [0.29, 0.717) is 19.1 Å². The Bertz CT molecular complexity index is 574. The molecule has 1 aliphatic rings. The molecule has 0 radical (unpaired) electrons. The molecule has 2 N–H and O–H groups in total. The Kier molecular flexibility index (Phi) is 6.61. The first-order valence-corrected chi connectivity index (χ1v) is 8.53. The van der Waals surface area contributed by atoms with Crippen molar-refractivity contribution in [1.29, 1.82) is 0 Å². The molecular formula is C18H28N4O2. The van der Waals surface area contributed by atoms with Crippen LogP contribution >= 0.6 is 0 Å². The molecule has 3 amide bonds. The second-order valence-electron chi connectivity index (χ2n) is 6.68. The Morgan fingerprint density at radius 2 is 2.08 bits per heavy atom. The molecule has 1 unspecified atom stereocenters. The molecule has 0 saturated carbocycles. The molecule has 6 heteroatoms. The van der Waals surface area contributed by atoms with Gasteiger partial charge in [-0.3, -0.25) is 4.79 Å². The third kappa shape index (κ3) is 5.53. The Hall–Kier alpha value is -2.08. The number of likely N-dealkylation sites (tertiary alicyclic amines) is 1. The van der Waals surface area contributed by atoms with Gasteiger partial charge in [-0.2, -0.15) is 0 Å².